The zero-order chi connectivity index (χ0) is 19.6. The molecule has 1 N–H and O–H groups in total. The van der Waals surface area contributed by atoms with Crippen molar-refractivity contribution in [2.75, 3.05) is 13.2 Å². The van der Waals surface area contributed by atoms with Gasteiger partial charge in [0.1, 0.15) is 18.1 Å². The summed E-state index contributed by atoms with van der Waals surface area (Å²) >= 11 is 11.0. The summed E-state index contributed by atoms with van der Waals surface area (Å²) in [5.74, 6) is 0.186. The summed E-state index contributed by atoms with van der Waals surface area (Å²) in [6, 6.07) is 10.6. The minimum atomic E-state index is -0.402. The van der Waals surface area contributed by atoms with E-state index in [1.807, 2.05) is 28.7 Å². The number of nitrogens with zero attached hydrogens (tertiary/aromatic N) is 1. The number of imide groups is 1. The highest BCUT2D eigenvalue weighted by atomic mass is 127. The Hall–Kier alpha value is -0.980. The Bertz CT molecular complexity index is 951. The highest BCUT2D eigenvalue weighted by Gasteiger charge is 2.35. The van der Waals surface area contributed by atoms with Crippen LogP contribution in [0.15, 0.2) is 41.3 Å². The molecule has 9 heteroatoms. The minimum Gasteiger partial charge on any atom is -0.506 e. The largest absolute Gasteiger partial charge is 0.506 e. The van der Waals surface area contributed by atoms with E-state index in [0.29, 0.717) is 19.9 Å². The van der Waals surface area contributed by atoms with Crippen molar-refractivity contribution in [2.45, 2.75) is 0 Å². The molecule has 0 atom stereocenters. The van der Waals surface area contributed by atoms with E-state index in [9.17, 15) is 14.7 Å². The van der Waals surface area contributed by atoms with Gasteiger partial charge in [-0.25, -0.2) is 0 Å². The minimum absolute atomic E-state index is 0.0878. The van der Waals surface area contributed by atoms with Gasteiger partial charge in [0.05, 0.1) is 20.0 Å². The summed E-state index contributed by atoms with van der Waals surface area (Å²) in [6.07, 6.45) is 1.54. The maximum atomic E-state index is 12.6. The Balaban J connectivity index is 1.71. The lowest BCUT2D eigenvalue weighted by Gasteiger charge is -2.13. The van der Waals surface area contributed by atoms with Crippen LogP contribution in [0.25, 0.3) is 6.08 Å². The van der Waals surface area contributed by atoms with Gasteiger partial charge in [0.2, 0.25) is 0 Å². The summed E-state index contributed by atoms with van der Waals surface area (Å²) in [7, 11) is 0. The van der Waals surface area contributed by atoms with Crippen molar-refractivity contribution >= 4 is 85.8 Å². The first-order chi connectivity index (χ1) is 12.9. The fourth-order valence-corrected chi connectivity index (χ4v) is 5.27. The van der Waals surface area contributed by atoms with Crippen LogP contribution in [0.5, 0.6) is 11.5 Å². The first-order valence-corrected chi connectivity index (χ1v) is 11.0. The standard InChI is InChI=1S/C18H12ClI2NO4S/c19-12-3-1-2-4-14(12)26-6-5-22-17(24)15(27-18(22)25)8-10-7-11(20)9-13(21)16(10)23/h1-4,7-9,23H,5-6H2/b15-8-. The fraction of sp³-hybridized carbons (Fsp3) is 0.111. The average molecular weight is 628 g/mol. The number of carbonyl (C=O) groups is 2. The first-order valence-electron chi connectivity index (χ1n) is 7.67. The van der Waals surface area contributed by atoms with Crippen molar-refractivity contribution in [1.82, 2.24) is 4.90 Å². The Morgan fingerprint density at radius 3 is 2.70 bits per heavy atom. The van der Waals surface area contributed by atoms with E-state index >= 15 is 0 Å². The number of hydrogen-bond donors (Lipinski definition) is 1. The molecule has 3 rings (SSSR count). The smallest absolute Gasteiger partial charge is 0.293 e. The Morgan fingerprint density at radius 1 is 1.22 bits per heavy atom. The molecule has 0 saturated carbocycles. The lowest BCUT2D eigenvalue weighted by molar-refractivity contribution is -0.123. The molecule has 0 aromatic heterocycles. The summed E-state index contributed by atoms with van der Waals surface area (Å²) in [5, 5.41) is 10.3. The molecule has 1 heterocycles. The van der Waals surface area contributed by atoms with Gasteiger partial charge in [-0.1, -0.05) is 23.7 Å². The molecule has 0 aliphatic carbocycles. The van der Waals surface area contributed by atoms with Crippen LogP contribution in [-0.2, 0) is 4.79 Å². The van der Waals surface area contributed by atoms with Crippen LogP contribution in [0.4, 0.5) is 4.79 Å². The van der Waals surface area contributed by atoms with E-state index in [4.69, 9.17) is 16.3 Å². The highest BCUT2D eigenvalue weighted by molar-refractivity contribution is 14.1. The second-order valence-corrected chi connectivity index (χ2v) is 9.25. The third-order valence-corrected chi connectivity index (χ3v) is 6.29. The normalized spacial score (nSPS) is 15.7. The van der Waals surface area contributed by atoms with Crippen LogP contribution < -0.4 is 4.74 Å². The molecule has 0 unspecified atom stereocenters. The third kappa shape index (κ3) is 4.90. The summed E-state index contributed by atoms with van der Waals surface area (Å²) < 4.78 is 7.15. The number of para-hydroxylation sites is 1. The van der Waals surface area contributed by atoms with Gasteiger partial charge in [-0.2, -0.15) is 0 Å². The molecule has 0 bridgehead atoms. The van der Waals surface area contributed by atoms with Gasteiger partial charge in [-0.05, 0) is 87.3 Å². The van der Waals surface area contributed by atoms with Crippen LogP contribution in [0.3, 0.4) is 0 Å². The van der Waals surface area contributed by atoms with E-state index in [1.54, 1.807) is 36.4 Å². The molecular weight excluding hydrogens is 616 g/mol. The van der Waals surface area contributed by atoms with E-state index in [0.717, 1.165) is 20.2 Å². The molecule has 0 radical (unpaired) electrons. The van der Waals surface area contributed by atoms with Gasteiger partial charge in [0.25, 0.3) is 11.1 Å². The molecule has 1 aliphatic rings. The molecule has 140 valence electrons. The van der Waals surface area contributed by atoms with Crippen molar-refractivity contribution in [3.63, 3.8) is 0 Å². The number of rotatable bonds is 5. The molecule has 1 fully saturated rings. The number of thioether (sulfide) groups is 1. The number of carbonyl (C=O) groups excluding carboxylic acids is 2. The molecule has 27 heavy (non-hydrogen) atoms. The van der Waals surface area contributed by atoms with Gasteiger partial charge < -0.3 is 9.84 Å². The van der Waals surface area contributed by atoms with Crippen LogP contribution in [0.2, 0.25) is 5.02 Å². The van der Waals surface area contributed by atoms with Gasteiger partial charge in [0.15, 0.2) is 0 Å². The zero-order valence-corrected chi connectivity index (χ0v) is 19.5. The molecular formula is C18H12ClI2NO4S. The van der Waals surface area contributed by atoms with Gasteiger partial charge in [-0.3, -0.25) is 14.5 Å². The van der Waals surface area contributed by atoms with E-state index < -0.39 is 5.91 Å². The number of aromatic hydroxyl groups is 1. The summed E-state index contributed by atoms with van der Waals surface area (Å²) in [5.41, 5.74) is 0.504. The van der Waals surface area contributed by atoms with Crippen LogP contribution in [-0.4, -0.2) is 34.3 Å². The van der Waals surface area contributed by atoms with Crippen molar-refractivity contribution in [2.24, 2.45) is 0 Å². The quantitative estimate of drug-likeness (QED) is 0.357. The molecule has 1 aliphatic heterocycles. The second-order valence-electron chi connectivity index (χ2n) is 5.44. The Morgan fingerprint density at radius 2 is 1.96 bits per heavy atom. The monoisotopic (exact) mass is 627 g/mol. The predicted molar refractivity (Wildman–Crippen MR) is 123 cm³/mol. The lowest BCUT2D eigenvalue weighted by atomic mass is 10.2. The topological polar surface area (TPSA) is 66.8 Å². The van der Waals surface area contributed by atoms with E-state index in [1.165, 1.54) is 0 Å². The average Bonchev–Trinajstić information content (AvgIpc) is 2.88. The number of hydrogen-bond acceptors (Lipinski definition) is 5. The van der Waals surface area contributed by atoms with Crippen LogP contribution >= 0.6 is 68.5 Å². The van der Waals surface area contributed by atoms with Crippen molar-refractivity contribution in [3.8, 4) is 11.5 Å². The summed E-state index contributed by atoms with van der Waals surface area (Å²) in [4.78, 5) is 26.2. The van der Waals surface area contributed by atoms with E-state index in [2.05, 4.69) is 22.6 Å². The maximum Gasteiger partial charge on any atom is 0.293 e. The predicted octanol–water partition coefficient (Wildman–Crippen LogP) is 5.37. The second kappa shape index (κ2) is 9.01. The molecule has 0 spiro atoms. The summed E-state index contributed by atoms with van der Waals surface area (Å²) in [6.45, 7) is 0.254. The third-order valence-electron chi connectivity index (χ3n) is 3.63. The van der Waals surface area contributed by atoms with Crippen LogP contribution in [0.1, 0.15) is 5.56 Å². The number of amides is 2. The molecule has 2 aromatic rings. The van der Waals surface area contributed by atoms with Gasteiger partial charge >= 0.3 is 0 Å². The highest BCUT2D eigenvalue weighted by Crippen LogP contribution is 2.35. The zero-order valence-electron chi connectivity index (χ0n) is 13.6. The number of phenolic OH excluding ortho intramolecular Hbond substituents is 1. The van der Waals surface area contributed by atoms with Crippen LogP contribution in [0, 0.1) is 7.14 Å². The number of halogens is 3. The number of ether oxygens (including phenoxy) is 1. The van der Waals surface area contributed by atoms with Gasteiger partial charge in [-0.15, -0.1) is 0 Å². The molecule has 5 nitrogen and oxygen atoms in total. The first kappa shape index (κ1) is 20.7. The van der Waals surface area contributed by atoms with E-state index in [-0.39, 0.29) is 29.0 Å². The fourth-order valence-electron chi connectivity index (χ4n) is 2.34. The van der Waals surface area contributed by atoms with Crippen molar-refractivity contribution < 1.29 is 19.4 Å². The molecule has 2 amide bonds. The lowest BCUT2D eigenvalue weighted by Crippen LogP contribution is -2.32. The van der Waals surface area contributed by atoms with Crippen molar-refractivity contribution in [1.29, 1.82) is 0 Å². The SMILES string of the molecule is O=C1S/C(=C\c2cc(I)cc(I)c2O)C(=O)N1CCOc1ccccc1Cl. The van der Waals surface area contributed by atoms with Crippen molar-refractivity contribution in [3.05, 3.63) is 59.0 Å². The Kier molecular flexibility index (Phi) is 6.93. The number of benzene rings is 2. The number of phenols is 1. The van der Waals surface area contributed by atoms with Gasteiger partial charge in [0, 0.05) is 9.13 Å². The molecule has 1 saturated heterocycles. The Labute approximate surface area is 192 Å². The maximum absolute atomic E-state index is 12.6. The molecule has 2 aromatic carbocycles.